The minimum Gasteiger partial charge on any atom is -0.435 e. The number of hydrogen-bond donors (Lipinski definition) is 1. The van der Waals surface area contributed by atoms with Crippen LogP contribution in [0.15, 0.2) is 24.3 Å². The lowest BCUT2D eigenvalue weighted by Gasteiger charge is -2.07. The number of ether oxygens (including phenoxy) is 1. The number of aryl methyl sites for hydroxylation is 2. The number of carbonyl (C=O) groups is 1. The van der Waals surface area contributed by atoms with Crippen LogP contribution in [0, 0.1) is 13.8 Å². The van der Waals surface area contributed by atoms with Crippen molar-refractivity contribution in [1.82, 2.24) is 9.78 Å². The van der Waals surface area contributed by atoms with Gasteiger partial charge in [-0.05, 0) is 38.1 Å². The van der Waals surface area contributed by atoms with Crippen LogP contribution in [-0.4, -0.2) is 22.3 Å². The number of nitrogens with zero attached hydrogens (tertiary/aromatic N) is 2. The van der Waals surface area contributed by atoms with Gasteiger partial charge in [-0.1, -0.05) is 0 Å². The van der Waals surface area contributed by atoms with Crippen molar-refractivity contribution in [3.05, 3.63) is 41.2 Å². The molecule has 1 heterocycles. The molecule has 7 heteroatoms. The second-order valence-corrected chi connectivity index (χ2v) is 4.53. The van der Waals surface area contributed by atoms with Crippen molar-refractivity contribution in [3.63, 3.8) is 0 Å². The molecule has 0 unspecified atom stereocenters. The van der Waals surface area contributed by atoms with Crippen molar-refractivity contribution >= 4 is 11.6 Å². The molecule has 0 aliphatic carbocycles. The van der Waals surface area contributed by atoms with E-state index in [1.54, 1.807) is 18.7 Å². The molecule has 2 aromatic rings. The molecule has 1 aromatic heterocycles. The molecule has 1 amide bonds. The molecule has 0 saturated heterocycles. The number of alkyl halides is 2. The Morgan fingerprint density at radius 3 is 2.38 bits per heavy atom. The van der Waals surface area contributed by atoms with E-state index in [1.807, 2.05) is 6.92 Å². The molecule has 2 rings (SSSR count). The molecule has 5 nitrogen and oxygen atoms in total. The Morgan fingerprint density at radius 2 is 1.90 bits per heavy atom. The van der Waals surface area contributed by atoms with Crippen molar-refractivity contribution in [2.75, 3.05) is 5.32 Å². The maximum atomic E-state index is 12.1. The third kappa shape index (κ3) is 3.36. The summed E-state index contributed by atoms with van der Waals surface area (Å²) in [5.74, 6) is -0.326. The quantitative estimate of drug-likeness (QED) is 0.943. The summed E-state index contributed by atoms with van der Waals surface area (Å²) >= 11 is 0. The first-order valence-corrected chi connectivity index (χ1v) is 6.25. The Bertz CT molecular complexity index is 651. The third-order valence-corrected chi connectivity index (χ3v) is 3.09. The van der Waals surface area contributed by atoms with Gasteiger partial charge in [-0.15, -0.1) is 0 Å². The van der Waals surface area contributed by atoms with E-state index in [-0.39, 0.29) is 11.7 Å². The number of hydrogen-bond acceptors (Lipinski definition) is 3. The molecule has 21 heavy (non-hydrogen) atoms. The number of nitrogens with one attached hydrogen (secondary N) is 1. The van der Waals surface area contributed by atoms with E-state index in [0.29, 0.717) is 16.9 Å². The Labute approximate surface area is 120 Å². The van der Waals surface area contributed by atoms with Crippen LogP contribution in [0.3, 0.4) is 0 Å². The number of amides is 1. The molecule has 0 aliphatic heterocycles. The average molecular weight is 295 g/mol. The predicted molar refractivity (Wildman–Crippen MR) is 73.7 cm³/mol. The van der Waals surface area contributed by atoms with Crippen molar-refractivity contribution in [1.29, 1.82) is 0 Å². The van der Waals surface area contributed by atoms with E-state index in [9.17, 15) is 13.6 Å². The molecule has 0 atom stereocenters. The van der Waals surface area contributed by atoms with Gasteiger partial charge in [0.2, 0.25) is 0 Å². The van der Waals surface area contributed by atoms with Crippen LogP contribution in [0.4, 0.5) is 14.5 Å². The van der Waals surface area contributed by atoms with E-state index in [4.69, 9.17) is 0 Å². The summed E-state index contributed by atoms with van der Waals surface area (Å²) in [5, 5.41) is 6.97. The van der Waals surface area contributed by atoms with Crippen LogP contribution >= 0.6 is 0 Å². The number of anilines is 1. The van der Waals surface area contributed by atoms with E-state index < -0.39 is 6.61 Å². The normalized spacial score (nSPS) is 10.8. The van der Waals surface area contributed by atoms with Gasteiger partial charge >= 0.3 is 6.61 Å². The first-order chi connectivity index (χ1) is 9.88. The lowest BCUT2D eigenvalue weighted by atomic mass is 10.2. The number of benzene rings is 1. The Hall–Kier alpha value is -2.44. The van der Waals surface area contributed by atoms with Gasteiger partial charge in [-0.3, -0.25) is 9.48 Å². The van der Waals surface area contributed by atoms with Crippen LogP contribution in [0.1, 0.15) is 21.7 Å². The molecule has 0 radical (unpaired) electrons. The predicted octanol–water partition coefficient (Wildman–Crippen LogP) is 2.89. The lowest BCUT2D eigenvalue weighted by Crippen LogP contribution is -2.13. The molecule has 0 spiro atoms. The average Bonchev–Trinajstić information content (AvgIpc) is 2.65. The van der Waals surface area contributed by atoms with E-state index >= 15 is 0 Å². The van der Waals surface area contributed by atoms with Gasteiger partial charge in [0.1, 0.15) is 5.75 Å². The Morgan fingerprint density at radius 1 is 1.29 bits per heavy atom. The Balaban J connectivity index is 2.13. The SMILES string of the molecule is Cc1nn(C)c(C)c1NC(=O)c1ccc(OC(F)F)cc1. The minimum atomic E-state index is -2.88. The molecule has 0 saturated carbocycles. The highest BCUT2D eigenvalue weighted by Gasteiger charge is 2.14. The molecular formula is C14H15F2N3O2. The molecule has 0 bridgehead atoms. The summed E-state index contributed by atoms with van der Waals surface area (Å²) in [6.07, 6.45) is 0. The van der Waals surface area contributed by atoms with Crippen LogP contribution in [0.25, 0.3) is 0 Å². The van der Waals surface area contributed by atoms with E-state index in [0.717, 1.165) is 5.69 Å². The van der Waals surface area contributed by atoms with Gasteiger partial charge in [0.15, 0.2) is 0 Å². The minimum absolute atomic E-state index is 0.00953. The van der Waals surface area contributed by atoms with E-state index in [2.05, 4.69) is 15.2 Å². The fourth-order valence-corrected chi connectivity index (χ4v) is 1.93. The highest BCUT2D eigenvalue weighted by Crippen LogP contribution is 2.20. The highest BCUT2D eigenvalue weighted by atomic mass is 19.3. The van der Waals surface area contributed by atoms with E-state index in [1.165, 1.54) is 24.3 Å². The number of rotatable bonds is 4. The van der Waals surface area contributed by atoms with Crippen LogP contribution in [0.2, 0.25) is 0 Å². The largest absolute Gasteiger partial charge is 0.435 e. The molecule has 0 fully saturated rings. The van der Waals surface area contributed by atoms with Crippen molar-refractivity contribution in [3.8, 4) is 5.75 Å². The topological polar surface area (TPSA) is 56.2 Å². The zero-order chi connectivity index (χ0) is 15.6. The fourth-order valence-electron chi connectivity index (χ4n) is 1.93. The first-order valence-electron chi connectivity index (χ1n) is 6.25. The summed E-state index contributed by atoms with van der Waals surface area (Å²) < 4.78 is 30.0. The molecule has 1 aromatic carbocycles. The summed E-state index contributed by atoms with van der Waals surface area (Å²) in [7, 11) is 1.79. The smallest absolute Gasteiger partial charge is 0.387 e. The van der Waals surface area contributed by atoms with Crippen LogP contribution in [-0.2, 0) is 7.05 Å². The van der Waals surface area contributed by atoms with Crippen LogP contribution in [0.5, 0.6) is 5.75 Å². The summed E-state index contributed by atoms with van der Waals surface area (Å²) in [6, 6.07) is 5.50. The second-order valence-electron chi connectivity index (χ2n) is 4.53. The fraction of sp³-hybridized carbons (Fsp3) is 0.286. The van der Waals surface area contributed by atoms with Crippen molar-refractivity contribution < 1.29 is 18.3 Å². The molecule has 0 aliphatic rings. The van der Waals surface area contributed by atoms with Gasteiger partial charge < -0.3 is 10.1 Å². The second kappa shape index (κ2) is 5.90. The number of aromatic nitrogens is 2. The molecule has 112 valence electrons. The standard InChI is InChI=1S/C14H15F2N3O2/c1-8-12(9(2)19(3)18-8)17-13(20)10-4-6-11(7-5-10)21-14(15)16/h4-7,14H,1-3H3,(H,17,20). The monoisotopic (exact) mass is 295 g/mol. The summed E-state index contributed by atoms with van der Waals surface area (Å²) in [4.78, 5) is 12.1. The van der Waals surface area contributed by atoms with Gasteiger partial charge in [-0.2, -0.15) is 13.9 Å². The van der Waals surface area contributed by atoms with Gasteiger partial charge in [0.05, 0.1) is 17.1 Å². The zero-order valence-electron chi connectivity index (χ0n) is 11.9. The number of carbonyl (C=O) groups excluding carboxylic acids is 1. The maximum Gasteiger partial charge on any atom is 0.387 e. The molecular weight excluding hydrogens is 280 g/mol. The Kier molecular flexibility index (Phi) is 4.21. The van der Waals surface area contributed by atoms with Gasteiger partial charge in [0.25, 0.3) is 5.91 Å². The lowest BCUT2D eigenvalue weighted by molar-refractivity contribution is -0.0498. The van der Waals surface area contributed by atoms with Gasteiger partial charge in [0, 0.05) is 12.6 Å². The van der Waals surface area contributed by atoms with Gasteiger partial charge in [-0.25, -0.2) is 0 Å². The third-order valence-electron chi connectivity index (χ3n) is 3.09. The summed E-state index contributed by atoms with van der Waals surface area (Å²) in [6.45, 7) is 0.752. The summed E-state index contributed by atoms with van der Waals surface area (Å²) in [5.41, 5.74) is 2.54. The maximum absolute atomic E-state index is 12.1. The highest BCUT2D eigenvalue weighted by molar-refractivity contribution is 6.04. The first kappa shape index (κ1) is 15.0. The van der Waals surface area contributed by atoms with Crippen LogP contribution < -0.4 is 10.1 Å². The van der Waals surface area contributed by atoms with Crippen molar-refractivity contribution in [2.24, 2.45) is 7.05 Å². The zero-order valence-corrected chi connectivity index (χ0v) is 11.9. The number of halogens is 2. The molecule has 1 N–H and O–H groups in total. The van der Waals surface area contributed by atoms with Crippen molar-refractivity contribution in [2.45, 2.75) is 20.5 Å².